The number of morpholine rings is 1. The quantitative estimate of drug-likeness (QED) is 0.877. The van der Waals surface area contributed by atoms with Crippen LogP contribution in [0.4, 0.5) is 0 Å². The van der Waals surface area contributed by atoms with Gasteiger partial charge in [0, 0.05) is 42.8 Å². The molecule has 5 nitrogen and oxygen atoms in total. The second kappa shape index (κ2) is 6.81. The predicted octanol–water partition coefficient (Wildman–Crippen LogP) is 1.20. The van der Waals surface area contributed by atoms with Gasteiger partial charge in [-0.2, -0.15) is 0 Å². The summed E-state index contributed by atoms with van der Waals surface area (Å²) >= 11 is 0. The van der Waals surface area contributed by atoms with Crippen molar-refractivity contribution in [3.63, 3.8) is 0 Å². The number of ether oxygens (including phenoxy) is 2. The number of Topliss-reactive ketones (excluding diaryl/α,β-unsaturated/α-hetero) is 1. The Kier molecular flexibility index (Phi) is 5.09. The summed E-state index contributed by atoms with van der Waals surface area (Å²) in [5.41, 5.74) is 2.74. The van der Waals surface area contributed by atoms with E-state index in [2.05, 4.69) is 10.3 Å². The van der Waals surface area contributed by atoms with E-state index < -0.39 is 0 Å². The minimum Gasteiger partial charge on any atom is -0.496 e. The van der Waals surface area contributed by atoms with E-state index in [9.17, 15) is 4.79 Å². The average molecular weight is 278 g/mol. The maximum Gasteiger partial charge on any atom is 0.140 e. The van der Waals surface area contributed by atoms with Crippen molar-refractivity contribution < 1.29 is 14.3 Å². The molecule has 0 amide bonds. The molecule has 1 saturated heterocycles. The third kappa shape index (κ3) is 3.55. The molecular weight excluding hydrogens is 256 g/mol. The Morgan fingerprint density at radius 1 is 1.55 bits per heavy atom. The molecule has 1 aliphatic heterocycles. The summed E-state index contributed by atoms with van der Waals surface area (Å²) in [6, 6.07) is 0.129. The van der Waals surface area contributed by atoms with Crippen molar-refractivity contribution in [2.24, 2.45) is 0 Å². The molecule has 110 valence electrons. The van der Waals surface area contributed by atoms with Gasteiger partial charge in [0.2, 0.25) is 0 Å². The largest absolute Gasteiger partial charge is 0.496 e. The Morgan fingerprint density at radius 2 is 2.35 bits per heavy atom. The fourth-order valence-corrected chi connectivity index (χ4v) is 2.53. The smallest absolute Gasteiger partial charge is 0.140 e. The van der Waals surface area contributed by atoms with Crippen molar-refractivity contribution in [1.82, 2.24) is 10.3 Å². The number of methoxy groups -OCH3 is 1. The van der Waals surface area contributed by atoms with Crippen LogP contribution in [0.15, 0.2) is 6.20 Å². The number of aromatic nitrogens is 1. The van der Waals surface area contributed by atoms with E-state index in [1.165, 1.54) is 0 Å². The lowest BCUT2D eigenvalue weighted by atomic mass is 10.0. The maximum absolute atomic E-state index is 12.1. The number of ketones is 1. The maximum atomic E-state index is 12.1. The molecule has 2 heterocycles. The number of hydrogen-bond donors (Lipinski definition) is 1. The van der Waals surface area contributed by atoms with Crippen molar-refractivity contribution >= 4 is 5.78 Å². The van der Waals surface area contributed by atoms with Gasteiger partial charge in [-0.25, -0.2) is 0 Å². The van der Waals surface area contributed by atoms with E-state index in [0.29, 0.717) is 19.4 Å². The van der Waals surface area contributed by atoms with Crippen LogP contribution < -0.4 is 10.1 Å². The molecule has 1 unspecified atom stereocenters. The zero-order valence-electron chi connectivity index (χ0n) is 12.4. The number of nitrogens with one attached hydrogen (secondary N) is 1. The van der Waals surface area contributed by atoms with Gasteiger partial charge in [0.25, 0.3) is 0 Å². The van der Waals surface area contributed by atoms with Gasteiger partial charge in [0.15, 0.2) is 0 Å². The Morgan fingerprint density at radius 3 is 3.00 bits per heavy atom. The summed E-state index contributed by atoms with van der Waals surface area (Å²) in [6.07, 6.45) is 2.59. The van der Waals surface area contributed by atoms with E-state index in [1.54, 1.807) is 13.3 Å². The molecule has 0 saturated carbocycles. The third-order valence-corrected chi connectivity index (χ3v) is 3.59. The molecule has 0 radical (unpaired) electrons. The zero-order chi connectivity index (χ0) is 14.5. The number of carbonyl (C=O) groups excluding carboxylic acids is 1. The third-order valence-electron chi connectivity index (χ3n) is 3.59. The number of nitrogens with zero attached hydrogens (tertiary/aromatic N) is 1. The van der Waals surface area contributed by atoms with E-state index in [1.807, 2.05) is 13.8 Å². The van der Waals surface area contributed by atoms with Gasteiger partial charge in [-0.1, -0.05) is 0 Å². The van der Waals surface area contributed by atoms with Gasteiger partial charge in [-0.05, 0) is 13.8 Å². The molecule has 1 aliphatic rings. The van der Waals surface area contributed by atoms with Crippen LogP contribution in [-0.4, -0.2) is 43.7 Å². The Hall–Kier alpha value is -1.46. The molecule has 1 atom stereocenters. The standard InChI is InChI=1S/C15H22N2O3/c1-10-8-17-14(11(2)15(10)19-3)7-13(18)6-12-9-20-5-4-16-12/h8,12,16H,4-7,9H2,1-3H3. The van der Waals surface area contributed by atoms with Crippen LogP contribution in [-0.2, 0) is 16.0 Å². The van der Waals surface area contributed by atoms with Crippen LogP contribution in [0.5, 0.6) is 5.75 Å². The molecule has 1 aromatic rings. The fourth-order valence-electron chi connectivity index (χ4n) is 2.53. The Labute approximate surface area is 119 Å². The first-order valence-electron chi connectivity index (χ1n) is 6.93. The lowest BCUT2D eigenvalue weighted by Gasteiger charge is -2.23. The van der Waals surface area contributed by atoms with Crippen LogP contribution in [0.1, 0.15) is 23.2 Å². The normalized spacial score (nSPS) is 18.9. The summed E-state index contributed by atoms with van der Waals surface area (Å²) in [7, 11) is 1.64. The predicted molar refractivity (Wildman–Crippen MR) is 76.2 cm³/mol. The van der Waals surface area contributed by atoms with E-state index >= 15 is 0 Å². The van der Waals surface area contributed by atoms with Crippen LogP contribution in [0.2, 0.25) is 0 Å². The lowest BCUT2D eigenvalue weighted by molar-refractivity contribution is -0.119. The second-order valence-corrected chi connectivity index (χ2v) is 5.19. The van der Waals surface area contributed by atoms with Crippen molar-refractivity contribution in [1.29, 1.82) is 0 Å². The summed E-state index contributed by atoms with van der Waals surface area (Å²) in [5, 5.41) is 3.29. The van der Waals surface area contributed by atoms with Gasteiger partial charge >= 0.3 is 0 Å². The molecule has 0 bridgehead atoms. The topological polar surface area (TPSA) is 60.5 Å². The highest BCUT2D eigenvalue weighted by atomic mass is 16.5. The fraction of sp³-hybridized carbons (Fsp3) is 0.600. The summed E-state index contributed by atoms with van der Waals surface area (Å²) < 4.78 is 10.7. The van der Waals surface area contributed by atoms with Crippen LogP contribution in [0.25, 0.3) is 0 Å². The van der Waals surface area contributed by atoms with Gasteiger partial charge < -0.3 is 14.8 Å². The minimum atomic E-state index is 0.129. The molecule has 0 spiro atoms. The van der Waals surface area contributed by atoms with Crippen LogP contribution in [0.3, 0.4) is 0 Å². The monoisotopic (exact) mass is 278 g/mol. The van der Waals surface area contributed by atoms with Crippen molar-refractivity contribution in [2.75, 3.05) is 26.9 Å². The minimum absolute atomic E-state index is 0.129. The molecule has 1 fully saturated rings. The molecular formula is C15H22N2O3. The average Bonchev–Trinajstić information content (AvgIpc) is 2.44. The number of hydrogen-bond acceptors (Lipinski definition) is 5. The zero-order valence-corrected chi connectivity index (χ0v) is 12.4. The van der Waals surface area contributed by atoms with Gasteiger partial charge in [0.05, 0.1) is 26.0 Å². The van der Waals surface area contributed by atoms with E-state index in [0.717, 1.165) is 35.7 Å². The molecule has 2 rings (SSSR count). The van der Waals surface area contributed by atoms with E-state index in [4.69, 9.17) is 9.47 Å². The number of rotatable bonds is 5. The van der Waals surface area contributed by atoms with E-state index in [-0.39, 0.29) is 11.8 Å². The second-order valence-electron chi connectivity index (χ2n) is 5.19. The first-order chi connectivity index (χ1) is 9.61. The van der Waals surface area contributed by atoms with Gasteiger partial charge in [-0.3, -0.25) is 9.78 Å². The summed E-state index contributed by atoms with van der Waals surface area (Å²) in [5.74, 6) is 0.997. The molecule has 0 aromatic carbocycles. The number of aryl methyl sites for hydroxylation is 1. The van der Waals surface area contributed by atoms with Gasteiger partial charge in [0.1, 0.15) is 11.5 Å². The first kappa shape index (κ1) is 14.9. The highest BCUT2D eigenvalue weighted by Gasteiger charge is 2.19. The van der Waals surface area contributed by atoms with Gasteiger partial charge in [-0.15, -0.1) is 0 Å². The number of carbonyl (C=O) groups is 1. The Bertz CT molecular complexity index is 482. The molecule has 0 aliphatic carbocycles. The SMILES string of the molecule is COc1c(C)cnc(CC(=O)CC2COCCN2)c1C. The van der Waals surface area contributed by atoms with Crippen molar-refractivity contribution in [3.05, 3.63) is 23.0 Å². The highest BCUT2D eigenvalue weighted by molar-refractivity contribution is 5.81. The van der Waals surface area contributed by atoms with Crippen molar-refractivity contribution in [3.8, 4) is 5.75 Å². The van der Waals surface area contributed by atoms with Crippen molar-refractivity contribution in [2.45, 2.75) is 32.7 Å². The molecule has 20 heavy (non-hydrogen) atoms. The lowest BCUT2D eigenvalue weighted by Crippen LogP contribution is -2.42. The van der Waals surface area contributed by atoms with Crippen LogP contribution >= 0.6 is 0 Å². The van der Waals surface area contributed by atoms with Crippen LogP contribution in [0, 0.1) is 13.8 Å². The highest BCUT2D eigenvalue weighted by Crippen LogP contribution is 2.24. The number of pyridine rings is 1. The molecule has 1 aromatic heterocycles. The summed E-state index contributed by atoms with van der Waals surface area (Å²) in [4.78, 5) is 16.5. The molecule has 1 N–H and O–H groups in total. The summed E-state index contributed by atoms with van der Waals surface area (Å²) in [6.45, 7) is 6.04. The first-order valence-corrected chi connectivity index (χ1v) is 6.93. The molecule has 5 heteroatoms. The Balaban J connectivity index is 2.00.